The van der Waals surface area contributed by atoms with E-state index in [9.17, 15) is 9.90 Å². The average Bonchev–Trinajstić information content (AvgIpc) is 2.53. The summed E-state index contributed by atoms with van der Waals surface area (Å²) in [6.07, 6.45) is 1.46. The number of phenols is 1. The van der Waals surface area contributed by atoms with Gasteiger partial charge < -0.3 is 15.2 Å². The molecule has 0 fully saturated rings. The Morgan fingerprint density at radius 2 is 2.09 bits per heavy atom. The number of amides is 2. The molecule has 2 aromatic carbocycles. The molecule has 0 saturated carbocycles. The number of hydrazone groups is 1. The molecule has 0 saturated heterocycles. The zero-order chi connectivity index (χ0) is 16.7. The Morgan fingerprint density at radius 1 is 1.35 bits per heavy atom. The SMILES string of the molecule is CCOc1cc(/C=N/NC(=O)Nc2ccccc2)cc(Br)c1O. The molecule has 6 nitrogen and oxygen atoms in total. The highest BCUT2D eigenvalue weighted by Gasteiger charge is 2.08. The Morgan fingerprint density at radius 3 is 2.78 bits per heavy atom. The van der Waals surface area contributed by atoms with Crippen molar-refractivity contribution in [1.82, 2.24) is 5.43 Å². The number of urea groups is 1. The summed E-state index contributed by atoms with van der Waals surface area (Å²) in [7, 11) is 0. The second-order valence-corrected chi connectivity index (χ2v) is 5.33. The molecule has 2 amide bonds. The van der Waals surface area contributed by atoms with Gasteiger partial charge in [0.1, 0.15) is 0 Å². The Bertz CT molecular complexity index is 705. The zero-order valence-electron chi connectivity index (χ0n) is 12.4. The fourth-order valence-electron chi connectivity index (χ4n) is 1.78. The minimum absolute atomic E-state index is 0.0266. The first-order chi connectivity index (χ1) is 11.1. The van der Waals surface area contributed by atoms with E-state index >= 15 is 0 Å². The van der Waals surface area contributed by atoms with Crippen molar-refractivity contribution in [1.29, 1.82) is 0 Å². The molecular weight excluding hydrogens is 362 g/mol. The van der Waals surface area contributed by atoms with Gasteiger partial charge in [-0.05, 0) is 52.7 Å². The predicted molar refractivity (Wildman–Crippen MR) is 93.2 cm³/mol. The molecule has 0 aliphatic heterocycles. The van der Waals surface area contributed by atoms with Gasteiger partial charge in [0, 0.05) is 5.69 Å². The number of rotatable bonds is 5. The summed E-state index contributed by atoms with van der Waals surface area (Å²) in [5, 5.41) is 16.3. The molecule has 0 spiro atoms. The monoisotopic (exact) mass is 377 g/mol. The van der Waals surface area contributed by atoms with Crippen LogP contribution in [0.5, 0.6) is 11.5 Å². The Labute approximate surface area is 142 Å². The number of nitrogens with one attached hydrogen (secondary N) is 2. The molecule has 2 rings (SSSR count). The Kier molecular flexibility index (Phi) is 5.99. The van der Waals surface area contributed by atoms with E-state index in [-0.39, 0.29) is 5.75 Å². The van der Waals surface area contributed by atoms with Gasteiger partial charge >= 0.3 is 6.03 Å². The molecule has 0 unspecified atom stereocenters. The lowest BCUT2D eigenvalue weighted by atomic mass is 10.2. The first-order valence-corrected chi connectivity index (χ1v) is 7.70. The van der Waals surface area contributed by atoms with E-state index in [2.05, 4.69) is 31.8 Å². The van der Waals surface area contributed by atoms with Crippen LogP contribution >= 0.6 is 15.9 Å². The highest BCUT2D eigenvalue weighted by atomic mass is 79.9. The van der Waals surface area contributed by atoms with Gasteiger partial charge in [0.05, 0.1) is 17.3 Å². The highest BCUT2D eigenvalue weighted by molar-refractivity contribution is 9.10. The van der Waals surface area contributed by atoms with Crippen molar-refractivity contribution in [2.24, 2.45) is 5.10 Å². The van der Waals surface area contributed by atoms with E-state index < -0.39 is 6.03 Å². The number of hydrogen-bond acceptors (Lipinski definition) is 4. The minimum atomic E-state index is -0.449. The third-order valence-electron chi connectivity index (χ3n) is 2.76. The number of nitrogens with zero attached hydrogens (tertiary/aromatic N) is 1. The Hall–Kier alpha value is -2.54. The molecule has 0 aromatic heterocycles. The number of phenolic OH excluding ortho intramolecular Hbond substituents is 1. The van der Waals surface area contributed by atoms with Gasteiger partial charge in [-0.3, -0.25) is 0 Å². The van der Waals surface area contributed by atoms with Gasteiger partial charge in [-0.15, -0.1) is 0 Å². The van der Waals surface area contributed by atoms with Gasteiger partial charge in [-0.25, -0.2) is 10.2 Å². The van der Waals surface area contributed by atoms with Crippen LogP contribution in [-0.2, 0) is 0 Å². The first-order valence-electron chi connectivity index (χ1n) is 6.90. The maximum atomic E-state index is 11.7. The Balaban J connectivity index is 1.99. The number of benzene rings is 2. The summed E-state index contributed by atoms with van der Waals surface area (Å²) in [5.74, 6) is 0.371. The fourth-order valence-corrected chi connectivity index (χ4v) is 2.24. The number of carbonyl (C=O) groups is 1. The lowest BCUT2D eigenvalue weighted by molar-refractivity contribution is 0.252. The molecular formula is C16H16BrN3O3. The molecule has 2 aromatic rings. The van der Waals surface area contributed by atoms with E-state index in [4.69, 9.17) is 4.74 Å². The minimum Gasteiger partial charge on any atom is -0.503 e. The third-order valence-corrected chi connectivity index (χ3v) is 3.37. The number of halogens is 1. The lowest BCUT2D eigenvalue weighted by Gasteiger charge is -2.08. The van der Waals surface area contributed by atoms with Crippen molar-refractivity contribution in [2.45, 2.75) is 6.92 Å². The molecule has 0 radical (unpaired) electrons. The molecule has 0 aliphatic carbocycles. The van der Waals surface area contributed by atoms with Crippen LogP contribution in [0.3, 0.4) is 0 Å². The second kappa shape index (κ2) is 8.19. The number of ether oxygens (including phenoxy) is 1. The normalized spacial score (nSPS) is 10.5. The molecule has 7 heteroatoms. The van der Waals surface area contributed by atoms with Crippen LogP contribution in [0.1, 0.15) is 12.5 Å². The predicted octanol–water partition coefficient (Wildman–Crippen LogP) is 3.71. The van der Waals surface area contributed by atoms with E-state index in [1.807, 2.05) is 25.1 Å². The number of aromatic hydroxyl groups is 1. The highest BCUT2D eigenvalue weighted by Crippen LogP contribution is 2.34. The number of hydrogen-bond donors (Lipinski definition) is 3. The maximum Gasteiger partial charge on any atom is 0.339 e. The van der Waals surface area contributed by atoms with Crippen LogP contribution in [0.15, 0.2) is 52.0 Å². The van der Waals surface area contributed by atoms with Crippen LogP contribution in [0.2, 0.25) is 0 Å². The summed E-state index contributed by atoms with van der Waals surface area (Å²) in [6.45, 7) is 2.25. The van der Waals surface area contributed by atoms with E-state index in [1.54, 1.807) is 24.3 Å². The van der Waals surface area contributed by atoms with Crippen LogP contribution in [0, 0.1) is 0 Å². The summed E-state index contributed by atoms with van der Waals surface area (Å²) < 4.78 is 5.81. The largest absolute Gasteiger partial charge is 0.503 e. The fraction of sp³-hybridized carbons (Fsp3) is 0.125. The van der Waals surface area contributed by atoms with Crippen LogP contribution in [-0.4, -0.2) is 24.0 Å². The van der Waals surface area contributed by atoms with Gasteiger partial charge in [0.15, 0.2) is 11.5 Å². The van der Waals surface area contributed by atoms with Crippen LogP contribution in [0.4, 0.5) is 10.5 Å². The number of anilines is 1. The third kappa shape index (κ3) is 5.00. The molecule has 120 valence electrons. The van der Waals surface area contributed by atoms with Gasteiger partial charge in [0.2, 0.25) is 0 Å². The van der Waals surface area contributed by atoms with E-state index in [1.165, 1.54) is 6.21 Å². The number of carbonyl (C=O) groups excluding carboxylic acids is 1. The average molecular weight is 378 g/mol. The molecule has 0 atom stereocenters. The van der Waals surface area contributed by atoms with E-state index in [0.717, 1.165) is 0 Å². The maximum absolute atomic E-state index is 11.7. The molecule has 3 N–H and O–H groups in total. The van der Waals surface area contributed by atoms with Gasteiger partial charge in [-0.1, -0.05) is 18.2 Å². The standard InChI is InChI=1S/C16H16BrN3O3/c1-2-23-14-9-11(8-13(17)15(14)21)10-18-20-16(22)19-12-6-4-3-5-7-12/h3-10,21H,2H2,1H3,(H2,19,20,22)/b18-10+. The van der Waals surface area contributed by atoms with Gasteiger partial charge in [0.25, 0.3) is 0 Å². The van der Waals surface area contributed by atoms with Crippen LogP contribution in [0.25, 0.3) is 0 Å². The smallest absolute Gasteiger partial charge is 0.339 e. The first kappa shape index (κ1) is 16.8. The zero-order valence-corrected chi connectivity index (χ0v) is 14.0. The van der Waals surface area contributed by atoms with Crippen molar-refractivity contribution in [2.75, 3.05) is 11.9 Å². The summed E-state index contributed by atoms with van der Waals surface area (Å²) in [6, 6.07) is 11.9. The molecule has 0 heterocycles. The van der Waals surface area contributed by atoms with Crippen molar-refractivity contribution in [3.63, 3.8) is 0 Å². The van der Waals surface area contributed by atoms with Crippen molar-refractivity contribution in [3.05, 3.63) is 52.5 Å². The van der Waals surface area contributed by atoms with Gasteiger partial charge in [-0.2, -0.15) is 5.10 Å². The molecule has 23 heavy (non-hydrogen) atoms. The molecule has 0 aliphatic rings. The topological polar surface area (TPSA) is 83.0 Å². The molecule has 0 bridgehead atoms. The van der Waals surface area contributed by atoms with Crippen molar-refractivity contribution >= 4 is 33.9 Å². The summed E-state index contributed by atoms with van der Waals surface area (Å²) in [4.78, 5) is 11.7. The summed E-state index contributed by atoms with van der Waals surface area (Å²) >= 11 is 3.24. The van der Waals surface area contributed by atoms with Crippen LogP contribution < -0.4 is 15.5 Å². The second-order valence-electron chi connectivity index (χ2n) is 4.47. The summed E-state index contributed by atoms with van der Waals surface area (Å²) in [5.41, 5.74) is 3.70. The number of para-hydroxylation sites is 1. The van der Waals surface area contributed by atoms with E-state index in [0.29, 0.717) is 28.1 Å². The van der Waals surface area contributed by atoms with Crippen molar-refractivity contribution in [3.8, 4) is 11.5 Å². The quantitative estimate of drug-likeness (QED) is 0.548. The lowest BCUT2D eigenvalue weighted by Crippen LogP contribution is -2.24. The van der Waals surface area contributed by atoms with Crippen molar-refractivity contribution < 1.29 is 14.6 Å².